The first-order chi connectivity index (χ1) is 16.9. The van der Waals surface area contributed by atoms with Gasteiger partial charge >= 0.3 is 0 Å². The summed E-state index contributed by atoms with van der Waals surface area (Å²) in [6.45, 7) is 9.14. The third kappa shape index (κ3) is 8.39. The van der Waals surface area contributed by atoms with Crippen molar-refractivity contribution in [3.63, 3.8) is 0 Å². The molecule has 0 radical (unpaired) electrons. The van der Waals surface area contributed by atoms with Crippen LogP contribution in [0.5, 0.6) is 5.75 Å². The molecule has 0 saturated carbocycles. The quantitative estimate of drug-likeness (QED) is 0.303. The van der Waals surface area contributed by atoms with Crippen molar-refractivity contribution in [2.45, 2.75) is 71.3 Å². The van der Waals surface area contributed by atoms with E-state index in [1.807, 2.05) is 6.07 Å². The summed E-state index contributed by atoms with van der Waals surface area (Å²) in [5.74, 6) is 2.03. The summed E-state index contributed by atoms with van der Waals surface area (Å²) in [6.07, 6.45) is 6.05. The van der Waals surface area contributed by atoms with E-state index in [1.165, 1.54) is 18.2 Å². The van der Waals surface area contributed by atoms with Crippen molar-refractivity contribution in [2.24, 2.45) is 0 Å². The number of carbonyl (C=O) groups excluding carboxylic acids is 1. The first kappa shape index (κ1) is 26.7. The second-order valence-corrected chi connectivity index (χ2v) is 10.1. The number of benzene rings is 2. The molecular weight excluding hydrogens is 438 g/mol. The lowest BCUT2D eigenvalue weighted by Crippen LogP contribution is -2.27. The third-order valence-electron chi connectivity index (χ3n) is 6.17. The van der Waals surface area contributed by atoms with Crippen molar-refractivity contribution >= 4 is 16.9 Å². The molecule has 1 N–H and O–H groups in total. The number of nitrogens with one attached hydrogen (secondary N) is 1. The van der Waals surface area contributed by atoms with Crippen LogP contribution in [-0.2, 0) is 27.9 Å². The standard InChI is InChI=1S/C29H41N3O3/c1-29(2,3)23-15-17-24(18-16-23)35-21-11-10-20-32-26-13-8-7-12-25(26)31-27(32)14-6-5-9-19-30-28(33)22-34-4/h7-8,12-13,15-18H,5-6,9-11,14,19-22H2,1-4H3,(H,30,33). The van der Waals surface area contributed by atoms with Gasteiger partial charge < -0.3 is 19.4 Å². The zero-order valence-corrected chi connectivity index (χ0v) is 21.8. The molecule has 0 spiro atoms. The summed E-state index contributed by atoms with van der Waals surface area (Å²) in [6, 6.07) is 16.8. The van der Waals surface area contributed by atoms with Crippen molar-refractivity contribution in [3.8, 4) is 5.75 Å². The lowest BCUT2D eigenvalue weighted by atomic mass is 9.87. The molecule has 0 unspecified atom stereocenters. The molecule has 0 atom stereocenters. The summed E-state index contributed by atoms with van der Waals surface area (Å²) in [7, 11) is 1.53. The Morgan fingerprint density at radius 3 is 2.49 bits per heavy atom. The van der Waals surface area contributed by atoms with Crippen molar-refractivity contribution in [1.29, 1.82) is 0 Å². The molecule has 6 heteroatoms. The van der Waals surface area contributed by atoms with Crippen molar-refractivity contribution in [3.05, 3.63) is 59.9 Å². The van der Waals surface area contributed by atoms with Gasteiger partial charge in [0.1, 0.15) is 18.2 Å². The number of unbranched alkanes of at least 4 members (excludes halogenated alkanes) is 3. The van der Waals surface area contributed by atoms with Gasteiger partial charge in [-0.2, -0.15) is 0 Å². The lowest BCUT2D eigenvalue weighted by molar-refractivity contribution is -0.124. The largest absolute Gasteiger partial charge is 0.494 e. The molecule has 1 amide bonds. The van der Waals surface area contributed by atoms with Crippen molar-refractivity contribution in [1.82, 2.24) is 14.9 Å². The number of nitrogens with zero attached hydrogens (tertiary/aromatic N) is 2. The van der Waals surface area contributed by atoms with Gasteiger partial charge in [-0.1, -0.05) is 51.5 Å². The molecule has 0 saturated heterocycles. The second kappa shape index (κ2) is 13.3. The van der Waals surface area contributed by atoms with E-state index in [-0.39, 0.29) is 17.9 Å². The fourth-order valence-corrected chi connectivity index (χ4v) is 4.17. The Labute approximate surface area is 210 Å². The number of fused-ring (bicyclic) bond motifs is 1. The number of hydrogen-bond donors (Lipinski definition) is 1. The molecule has 3 aromatic rings. The average Bonchev–Trinajstić information content (AvgIpc) is 3.18. The van der Waals surface area contributed by atoms with Crippen LogP contribution in [0, 0.1) is 0 Å². The van der Waals surface area contributed by atoms with Crippen molar-refractivity contribution < 1.29 is 14.3 Å². The minimum absolute atomic E-state index is 0.0554. The molecule has 1 aromatic heterocycles. The maximum Gasteiger partial charge on any atom is 0.245 e. The van der Waals surface area contributed by atoms with Crippen LogP contribution in [0.1, 0.15) is 64.3 Å². The first-order valence-electron chi connectivity index (χ1n) is 12.8. The van der Waals surface area contributed by atoms with Crippen LogP contribution in [0.2, 0.25) is 0 Å². The molecule has 6 nitrogen and oxygen atoms in total. The van der Waals surface area contributed by atoms with E-state index in [0.29, 0.717) is 13.2 Å². The Morgan fingerprint density at radius 1 is 0.971 bits per heavy atom. The second-order valence-electron chi connectivity index (χ2n) is 10.1. The van der Waals surface area contributed by atoms with E-state index < -0.39 is 0 Å². The molecule has 35 heavy (non-hydrogen) atoms. The van der Waals surface area contributed by atoms with E-state index in [4.69, 9.17) is 14.5 Å². The zero-order valence-electron chi connectivity index (χ0n) is 21.8. The summed E-state index contributed by atoms with van der Waals surface area (Å²) in [4.78, 5) is 16.4. The number of aryl methyl sites for hydroxylation is 2. The molecule has 3 rings (SSSR count). The van der Waals surface area contributed by atoms with Crippen molar-refractivity contribution in [2.75, 3.05) is 26.9 Å². The van der Waals surface area contributed by atoms with E-state index in [2.05, 4.69) is 73.1 Å². The van der Waals surface area contributed by atoms with Gasteiger partial charge in [0.25, 0.3) is 0 Å². The van der Waals surface area contributed by atoms with E-state index in [1.54, 1.807) is 0 Å². The number of methoxy groups -OCH3 is 1. The highest BCUT2D eigenvalue weighted by Crippen LogP contribution is 2.24. The van der Waals surface area contributed by atoms with Crippen LogP contribution in [0.15, 0.2) is 48.5 Å². The molecular formula is C29H41N3O3. The molecule has 0 aliphatic rings. The van der Waals surface area contributed by atoms with E-state index in [9.17, 15) is 4.79 Å². The van der Waals surface area contributed by atoms with Gasteiger partial charge in [-0.25, -0.2) is 4.98 Å². The van der Waals surface area contributed by atoms with Crippen LogP contribution in [0.25, 0.3) is 11.0 Å². The predicted octanol–water partition coefficient (Wildman–Crippen LogP) is 5.67. The van der Waals surface area contributed by atoms with Gasteiger partial charge in [-0.05, 0) is 60.9 Å². The van der Waals surface area contributed by atoms with Crippen LogP contribution >= 0.6 is 0 Å². The predicted molar refractivity (Wildman–Crippen MR) is 142 cm³/mol. The molecule has 2 aromatic carbocycles. The first-order valence-corrected chi connectivity index (χ1v) is 12.8. The van der Waals surface area contributed by atoms with Crippen LogP contribution in [-0.4, -0.2) is 42.3 Å². The van der Waals surface area contributed by atoms with Crippen LogP contribution in [0.3, 0.4) is 0 Å². The van der Waals surface area contributed by atoms with Gasteiger partial charge in [0.05, 0.1) is 17.6 Å². The van der Waals surface area contributed by atoms with Gasteiger partial charge in [-0.3, -0.25) is 4.79 Å². The Kier molecular flexibility index (Phi) is 10.2. The van der Waals surface area contributed by atoms with Gasteiger partial charge in [0, 0.05) is 26.6 Å². The zero-order chi connectivity index (χ0) is 25.1. The number of ether oxygens (including phenoxy) is 2. The smallest absolute Gasteiger partial charge is 0.245 e. The Hall–Kier alpha value is -2.86. The summed E-state index contributed by atoms with van der Waals surface area (Å²) in [5, 5.41) is 2.88. The number of imidazole rings is 1. The molecule has 0 fully saturated rings. The van der Waals surface area contributed by atoms with Gasteiger partial charge in [0.2, 0.25) is 5.91 Å². The Balaban J connectivity index is 1.45. The highest BCUT2D eigenvalue weighted by Gasteiger charge is 2.13. The maximum atomic E-state index is 11.5. The number of carbonyl (C=O) groups is 1. The topological polar surface area (TPSA) is 65.4 Å². The SMILES string of the molecule is COCC(=O)NCCCCCc1nc2ccccc2n1CCCCOc1ccc(C(C)(C)C)cc1. The number of aromatic nitrogens is 2. The normalized spacial score (nSPS) is 11.7. The van der Waals surface area contributed by atoms with E-state index in [0.717, 1.165) is 62.2 Å². The fourth-order valence-electron chi connectivity index (χ4n) is 4.17. The molecule has 1 heterocycles. The molecule has 0 aliphatic heterocycles. The molecule has 190 valence electrons. The summed E-state index contributed by atoms with van der Waals surface area (Å²) in [5.41, 5.74) is 3.74. The minimum atomic E-state index is -0.0554. The number of rotatable bonds is 14. The number of para-hydroxylation sites is 2. The monoisotopic (exact) mass is 479 g/mol. The summed E-state index contributed by atoms with van der Waals surface area (Å²) < 4.78 is 13.2. The number of amides is 1. The van der Waals surface area contributed by atoms with Gasteiger partial charge in [0.15, 0.2) is 0 Å². The van der Waals surface area contributed by atoms with Crippen LogP contribution < -0.4 is 10.1 Å². The summed E-state index contributed by atoms with van der Waals surface area (Å²) >= 11 is 0. The fraction of sp³-hybridized carbons (Fsp3) is 0.517. The average molecular weight is 480 g/mol. The van der Waals surface area contributed by atoms with Crippen LogP contribution in [0.4, 0.5) is 0 Å². The van der Waals surface area contributed by atoms with E-state index >= 15 is 0 Å². The lowest BCUT2D eigenvalue weighted by Gasteiger charge is -2.19. The minimum Gasteiger partial charge on any atom is -0.494 e. The maximum absolute atomic E-state index is 11.5. The highest BCUT2D eigenvalue weighted by molar-refractivity contribution is 5.77. The molecule has 0 aliphatic carbocycles. The Bertz CT molecular complexity index is 1050. The highest BCUT2D eigenvalue weighted by atomic mass is 16.5. The third-order valence-corrected chi connectivity index (χ3v) is 6.17. The number of hydrogen-bond acceptors (Lipinski definition) is 4. The van der Waals surface area contributed by atoms with Gasteiger partial charge in [-0.15, -0.1) is 0 Å². The Morgan fingerprint density at radius 2 is 1.74 bits per heavy atom. The molecule has 0 bridgehead atoms.